The third kappa shape index (κ3) is 4.12. The van der Waals surface area contributed by atoms with Crippen LogP contribution in [0.15, 0.2) is 42.9 Å². The van der Waals surface area contributed by atoms with Crippen LogP contribution in [0.4, 0.5) is 26.2 Å². The van der Waals surface area contributed by atoms with Crippen LogP contribution in [0.5, 0.6) is 0 Å². The number of hydrogen-bond acceptors (Lipinski definition) is 8. The number of pyridine rings is 3. The van der Waals surface area contributed by atoms with Gasteiger partial charge in [0.25, 0.3) is 0 Å². The summed E-state index contributed by atoms with van der Waals surface area (Å²) in [5, 5.41) is 7.33. The summed E-state index contributed by atoms with van der Waals surface area (Å²) in [6.45, 7) is 3.51. The number of fused-ring (bicyclic) bond motifs is 1. The van der Waals surface area contributed by atoms with Crippen molar-refractivity contribution < 1.29 is 8.78 Å². The van der Waals surface area contributed by atoms with E-state index in [0.29, 0.717) is 17.6 Å². The van der Waals surface area contributed by atoms with E-state index in [1.54, 1.807) is 18.5 Å². The SMILES string of the molecule is Fc1cc(F)nc(Nc2cc(-c3nc(N4CCNCC4)c4c(C5CC5)cncc4n3)ccn2)c1. The summed E-state index contributed by atoms with van der Waals surface area (Å²) in [6.07, 6.45) is 7.67. The first-order valence-electron chi connectivity index (χ1n) is 11.3. The Hall–Kier alpha value is -3.79. The number of nitrogens with one attached hydrogen (secondary N) is 2. The van der Waals surface area contributed by atoms with Crippen LogP contribution < -0.4 is 15.5 Å². The predicted molar refractivity (Wildman–Crippen MR) is 125 cm³/mol. The molecule has 1 aliphatic carbocycles. The summed E-state index contributed by atoms with van der Waals surface area (Å²) in [7, 11) is 0. The average molecular weight is 460 g/mol. The van der Waals surface area contributed by atoms with Gasteiger partial charge in [0, 0.05) is 61.7 Å². The maximum atomic E-state index is 13.6. The van der Waals surface area contributed by atoms with E-state index in [9.17, 15) is 8.78 Å². The topological polar surface area (TPSA) is 91.8 Å². The molecule has 0 unspecified atom stereocenters. The summed E-state index contributed by atoms with van der Waals surface area (Å²) >= 11 is 0. The Kier molecular flexibility index (Phi) is 5.21. The molecule has 1 aliphatic heterocycles. The third-order valence-corrected chi connectivity index (χ3v) is 6.08. The van der Waals surface area contributed by atoms with Gasteiger partial charge >= 0.3 is 0 Å². The van der Waals surface area contributed by atoms with Gasteiger partial charge in [-0.05, 0) is 36.5 Å². The van der Waals surface area contributed by atoms with Crippen molar-refractivity contribution in [2.75, 3.05) is 36.4 Å². The number of piperazine rings is 1. The lowest BCUT2D eigenvalue weighted by atomic mass is 10.1. The van der Waals surface area contributed by atoms with E-state index in [-0.39, 0.29) is 5.82 Å². The van der Waals surface area contributed by atoms with E-state index in [0.717, 1.165) is 73.4 Å². The molecular weight excluding hydrogens is 438 g/mol. The van der Waals surface area contributed by atoms with Gasteiger partial charge in [0.05, 0.1) is 11.7 Å². The fraction of sp³-hybridized carbons (Fsp3) is 0.292. The summed E-state index contributed by atoms with van der Waals surface area (Å²) in [6, 6.07) is 5.38. The molecule has 2 N–H and O–H groups in total. The van der Waals surface area contributed by atoms with Crippen LogP contribution in [-0.4, -0.2) is 51.1 Å². The Balaban J connectivity index is 1.43. The van der Waals surface area contributed by atoms with Crippen molar-refractivity contribution >= 4 is 28.4 Å². The van der Waals surface area contributed by atoms with Gasteiger partial charge < -0.3 is 15.5 Å². The highest BCUT2D eigenvalue weighted by Gasteiger charge is 2.29. The molecule has 5 heterocycles. The molecule has 172 valence electrons. The molecule has 1 saturated carbocycles. The zero-order valence-electron chi connectivity index (χ0n) is 18.3. The van der Waals surface area contributed by atoms with Gasteiger partial charge in [0.15, 0.2) is 5.82 Å². The fourth-order valence-electron chi connectivity index (χ4n) is 4.33. The lowest BCUT2D eigenvalue weighted by Gasteiger charge is -2.30. The quantitative estimate of drug-likeness (QED) is 0.435. The van der Waals surface area contributed by atoms with Gasteiger partial charge in [0.2, 0.25) is 5.95 Å². The second-order valence-corrected chi connectivity index (χ2v) is 8.55. The van der Waals surface area contributed by atoms with Crippen LogP contribution in [0.25, 0.3) is 22.3 Å². The smallest absolute Gasteiger partial charge is 0.217 e. The molecule has 10 heteroatoms. The standard InChI is InChI=1S/C24H22F2N8/c25-16-10-19(26)31-21(11-16)32-20-9-15(3-4-29-20)23-30-18-13-28-12-17(14-1-2-14)22(18)24(33-23)34-7-5-27-6-8-34/h3-4,9-14,27H,1-2,5-8H2,(H,29,31,32). The minimum Gasteiger partial charge on any atom is -0.353 e. The molecule has 2 aliphatic rings. The van der Waals surface area contributed by atoms with Crippen molar-refractivity contribution in [1.29, 1.82) is 0 Å². The molecular formula is C24H22F2N8. The first kappa shape index (κ1) is 20.8. The third-order valence-electron chi connectivity index (χ3n) is 6.08. The van der Waals surface area contributed by atoms with E-state index < -0.39 is 11.8 Å². The lowest BCUT2D eigenvalue weighted by molar-refractivity contribution is 0.554. The molecule has 0 spiro atoms. The monoisotopic (exact) mass is 460 g/mol. The summed E-state index contributed by atoms with van der Waals surface area (Å²) in [5.74, 6) is 0.766. The van der Waals surface area contributed by atoms with Gasteiger partial charge in [-0.3, -0.25) is 4.98 Å². The van der Waals surface area contributed by atoms with Crippen LogP contribution in [-0.2, 0) is 0 Å². The predicted octanol–water partition coefficient (Wildman–Crippen LogP) is 3.79. The van der Waals surface area contributed by atoms with Crippen molar-refractivity contribution in [2.24, 2.45) is 0 Å². The molecule has 0 amide bonds. The van der Waals surface area contributed by atoms with Crippen LogP contribution in [0.3, 0.4) is 0 Å². The van der Waals surface area contributed by atoms with Crippen molar-refractivity contribution in [3.63, 3.8) is 0 Å². The molecule has 0 bridgehead atoms. The molecule has 34 heavy (non-hydrogen) atoms. The number of anilines is 3. The minimum absolute atomic E-state index is 0.0290. The minimum atomic E-state index is -0.906. The maximum absolute atomic E-state index is 13.6. The van der Waals surface area contributed by atoms with Crippen LogP contribution >= 0.6 is 0 Å². The van der Waals surface area contributed by atoms with Gasteiger partial charge in [-0.15, -0.1) is 0 Å². The first-order chi connectivity index (χ1) is 16.6. The van der Waals surface area contributed by atoms with Gasteiger partial charge in [-0.25, -0.2) is 24.3 Å². The Morgan fingerprint density at radius 3 is 2.62 bits per heavy atom. The highest BCUT2D eigenvalue weighted by Crippen LogP contribution is 2.44. The molecule has 1 saturated heterocycles. The molecule has 0 atom stereocenters. The largest absolute Gasteiger partial charge is 0.353 e. The van der Waals surface area contributed by atoms with E-state index in [4.69, 9.17) is 9.97 Å². The summed E-state index contributed by atoms with van der Waals surface area (Å²) in [4.78, 5) is 24.5. The van der Waals surface area contributed by atoms with Gasteiger partial charge in [-0.1, -0.05) is 0 Å². The Morgan fingerprint density at radius 2 is 1.82 bits per heavy atom. The van der Waals surface area contributed by atoms with Crippen LogP contribution in [0.1, 0.15) is 24.3 Å². The Labute approximate surface area is 194 Å². The van der Waals surface area contributed by atoms with Crippen LogP contribution in [0, 0.1) is 11.8 Å². The number of aromatic nitrogens is 5. The van der Waals surface area contributed by atoms with Crippen LogP contribution in [0.2, 0.25) is 0 Å². The molecule has 6 rings (SSSR count). The van der Waals surface area contributed by atoms with E-state index in [1.807, 2.05) is 12.3 Å². The number of halogens is 2. The molecule has 4 aromatic rings. The zero-order valence-corrected chi connectivity index (χ0v) is 18.3. The van der Waals surface area contributed by atoms with Crippen molar-refractivity contribution in [1.82, 2.24) is 30.2 Å². The number of rotatable bonds is 5. The zero-order chi connectivity index (χ0) is 23.1. The van der Waals surface area contributed by atoms with Crippen molar-refractivity contribution in [3.05, 3.63) is 60.2 Å². The molecule has 2 fully saturated rings. The second-order valence-electron chi connectivity index (χ2n) is 8.55. The number of hydrogen-bond donors (Lipinski definition) is 2. The lowest BCUT2D eigenvalue weighted by Crippen LogP contribution is -2.44. The molecule has 0 radical (unpaired) electrons. The fourth-order valence-corrected chi connectivity index (χ4v) is 4.33. The Morgan fingerprint density at radius 1 is 0.971 bits per heavy atom. The van der Waals surface area contributed by atoms with Gasteiger partial charge in [-0.2, -0.15) is 4.39 Å². The molecule has 4 aromatic heterocycles. The average Bonchev–Trinajstić information content (AvgIpc) is 3.68. The van der Waals surface area contributed by atoms with E-state index in [1.165, 1.54) is 5.56 Å². The second kappa shape index (κ2) is 8.53. The number of nitrogens with zero attached hydrogens (tertiary/aromatic N) is 6. The molecule has 8 nitrogen and oxygen atoms in total. The summed E-state index contributed by atoms with van der Waals surface area (Å²) in [5.41, 5.74) is 2.75. The maximum Gasteiger partial charge on any atom is 0.217 e. The molecule has 0 aromatic carbocycles. The van der Waals surface area contributed by atoms with Gasteiger partial charge in [0.1, 0.15) is 23.3 Å². The van der Waals surface area contributed by atoms with Crippen molar-refractivity contribution in [2.45, 2.75) is 18.8 Å². The van der Waals surface area contributed by atoms with E-state index in [2.05, 4.69) is 30.5 Å². The highest BCUT2D eigenvalue weighted by molar-refractivity contribution is 5.94. The highest BCUT2D eigenvalue weighted by atomic mass is 19.1. The Bertz CT molecular complexity index is 1350. The first-order valence-corrected chi connectivity index (χ1v) is 11.3. The summed E-state index contributed by atoms with van der Waals surface area (Å²) < 4.78 is 27.1. The van der Waals surface area contributed by atoms with Crippen molar-refractivity contribution in [3.8, 4) is 11.4 Å². The van der Waals surface area contributed by atoms with E-state index >= 15 is 0 Å². The normalized spacial score (nSPS) is 16.1.